The van der Waals surface area contributed by atoms with Gasteiger partial charge in [-0.2, -0.15) is 0 Å². The molecule has 2 heterocycles. The number of hydrogen-bond donors (Lipinski definition) is 0. The minimum Gasteiger partial charge on any atom is -0.477 e. The van der Waals surface area contributed by atoms with Crippen molar-refractivity contribution in [3.63, 3.8) is 0 Å². The van der Waals surface area contributed by atoms with Gasteiger partial charge in [0.2, 0.25) is 0 Å². The van der Waals surface area contributed by atoms with Crippen LogP contribution in [0.1, 0.15) is 24.8 Å². The zero-order chi connectivity index (χ0) is 15.3. The molecule has 4 rings (SSSR count). The number of nitrogens with zero attached hydrogens (tertiary/aromatic N) is 1. The molecule has 0 aromatic heterocycles. The molecule has 22 heavy (non-hydrogen) atoms. The van der Waals surface area contributed by atoms with Gasteiger partial charge >= 0.3 is 0 Å². The second-order valence-electron chi connectivity index (χ2n) is 6.04. The smallest absolute Gasteiger partial charge is 0.200 e. The highest BCUT2D eigenvalue weighted by Crippen LogP contribution is 2.55. The summed E-state index contributed by atoms with van der Waals surface area (Å²) in [5.41, 5.74) is 1.24. The Morgan fingerprint density at radius 1 is 1.23 bits per heavy atom. The van der Waals surface area contributed by atoms with Gasteiger partial charge in [0, 0.05) is 24.6 Å². The van der Waals surface area contributed by atoms with Crippen LogP contribution >= 0.6 is 0 Å². The summed E-state index contributed by atoms with van der Waals surface area (Å²) < 4.78 is 33.2. The van der Waals surface area contributed by atoms with Crippen molar-refractivity contribution in [3.8, 4) is 0 Å². The Morgan fingerprint density at radius 2 is 2.00 bits per heavy atom. The van der Waals surface area contributed by atoms with Crippen molar-refractivity contribution < 1.29 is 13.5 Å². The van der Waals surface area contributed by atoms with Gasteiger partial charge in [-0.25, -0.2) is 13.8 Å². The molecular formula is C18H15F2NO. The Bertz CT molecular complexity index is 742. The number of rotatable bonds is 1. The number of benzene rings is 1. The molecule has 1 aromatic rings. The first kappa shape index (κ1) is 13.4. The lowest BCUT2D eigenvalue weighted by molar-refractivity contribution is 0.238. The molecule has 3 unspecified atom stereocenters. The lowest BCUT2D eigenvalue weighted by Crippen LogP contribution is -2.37. The molecule has 1 aromatic carbocycles. The Morgan fingerprint density at radius 3 is 2.77 bits per heavy atom. The first-order valence-electron chi connectivity index (χ1n) is 7.36. The van der Waals surface area contributed by atoms with Crippen molar-refractivity contribution in [1.82, 2.24) is 0 Å². The summed E-state index contributed by atoms with van der Waals surface area (Å²) in [7, 11) is 0. The predicted octanol–water partition coefficient (Wildman–Crippen LogP) is 4.27. The Kier molecular flexibility index (Phi) is 2.83. The number of allylic oxidation sites excluding steroid dienone is 4. The van der Waals surface area contributed by atoms with Crippen LogP contribution in [-0.4, -0.2) is 12.0 Å². The van der Waals surface area contributed by atoms with Crippen LogP contribution in [0, 0.1) is 17.0 Å². The van der Waals surface area contributed by atoms with E-state index < -0.39 is 17.0 Å². The van der Waals surface area contributed by atoms with Crippen LogP contribution in [0.5, 0.6) is 0 Å². The van der Waals surface area contributed by atoms with Gasteiger partial charge in [0.1, 0.15) is 11.6 Å². The molecular weight excluding hydrogens is 284 g/mol. The second kappa shape index (κ2) is 4.63. The van der Waals surface area contributed by atoms with Crippen LogP contribution in [0.3, 0.4) is 0 Å². The van der Waals surface area contributed by atoms with Crippen LogP contribution in [0.2, 0.25) is 0 Å². The molecule has 2 aliphatic heterocycles. The molecule has 1 fully saturated rings. The fourth-order valence-corrected chi connectivity index (χ4v) is 3.83. The maximum Gasteiger partial charge on any atom is 0.200 e. The highest BCUT2D eigenvalue weighted by molar-refractivity contribution is 5.92. The molecule has 112 valence electrons. The second-order valence-corrected chi connectivity index (χ2v) is 6.04. The van der Waals surface area contributed by atoms with Crippen molar-refractivity contribution in [2.45, 2.75) is 25.4 Å². The van der Waals surface area contributed by atoms with Gasteiger partial charge in [-0.3, -0.25) is 0 Å². The summed E-state index contributed by atoms with van der Waals surface area (Å²) in [4.78, 5) is 4.39. The van der Waals surface area contributed by atoms with Crippen molar-refractivity contribution in [2.24, 2.45) is 10.4 Å². The summed E-state index contributed by atoms with van der Waals surface area (Å²) in [5, 5.41) is 0. The molecule has 1 aliphatic carbocycles. The van der Waals surface area contributed by atoms with Crippen LogP contribution in [0.25, 0.3) is 0 Å². The number of aliphatic imine (C=N–C) groups is 1. The summed E-state index contributed by atoms with van der Waals surface area (Å²) in [6.45, 7) is 1.99. The third-order valence-corrected chi connectivity index (χ3v) is 4.62. The quantitative estimate of drug-likeness (QED) is 0.759. The standard InChI is InChI=1S/C18H15F2NO/c1-11-10-18-13(5-6-21-17(18)22-11)3-2-4-16(18)12-7-14(19)9-15(20)8-12/h2-9,11,16H,10H2,1H3. The van der Waals surface area contributed by atoms with Crippen LogP contribution < -0.4 is 0 Å². The molecule has 3 aliphatic rings. The molecule has 0 bridgehead atoms. The fourth-order valence-electron chi connectivity index (χ4n) is 3.83. The normalized spacial score (nSPS) is 32.0. The van der Waals surface area contributed by atoms with Crippen LogP contribution in [0.4, 0.5) is 8.78 Å². The van der Waals surface area contributed by atoms with E-state index in [0.717, 1.165) is 18.1 Å². The van der Waals surface area contributed by atoms with E-state index in [4.69, 9.17) is 4.74 Å². The van der Waals surface area contributed by atoms with E-state index in [2.05, 4.69) is 4.99 Å². The molecule has 4 heteroatoms. The number of hydrogen-bond acceptors (Lipinski definition) is 2. The number of ether oxygens (including phenoxy) is 1. The van der Waals surface area contributed by atoms with E-state index >= 15 is 0 Å². The van der Waals surface area contributed by atoms with Gasteiger partial charge in [0.05, 0.1) is 11.5 Å². The first-order chi connectivity index (χ1) is 10.6. The molecule has 2 nitrogen and oxygen atoms in total. The van der Waals surface area contributed by atoms with E-state index in [-0.39, 0.29) is 12.0 Å². The molecule has 1 saturated heterocycles. The van der Waals surface area contributed by atoms with Gasteiger partial charge in [-0.15, -0.1) is 0 Å². The topological polar surface area (TPSA) is 21.6 Å². The lowest BCUT2D eigenvalue weighted by atomic mass is 9.62. The highest BCUT2D eigenvalue weighted by atomic mass is 19.1. The lowest BCUT2D eigenvalue weighted by Gasteiger charge is -2.39. The van der Waals surface area contributed by atoms with Crippen LogP contribution in [-0.2, 0) is 4.74 Å². The minimum atomic E-state index is -0.562. The molecule has 1 spiro atoms. The maximum atomic E-state index is 13.7. The molecule has 0 saturated carbocycles. The van der Waals surface area contributed by atoms with E-state index in [0.29, 0.717) is 11.5 Å². The third kappa shape index (κ3) is 1.79. The van der Waals surface area contributed by atoms with Gasteiger partial charge in [-0.05, 0) is 36.3 Å². The Labute approximate surface area is 127 Å². The highest BCUT2D eigenvalue weighted by Gasteiger charge is 2.54. The molecule has 3 atom stereocenters. The number of halogens is 2. The minimum absolute atomic E-state index is 0.0226. The Hall–Kier alpha value is -2.23. The summed E-state index contributed by atoms with van der Waals surface area (Å²) in [5.74, 6) is -0.667. The zero-order valence-corrected chi connectivity index (χ0v) is 12.1. The van der Waals surface area contributed by atoms with Crippen molar-refractivity contribution in [2.75, 3.05) is 0 Å². The van der Waals surface area contributed by atoms with E-state index in [1.807, 2.05) is 31.2 Å². The summed E-state index contributed by atoms with van der Waals surface area (Å²) >= 11 is 0. The zero-order valence-electron chi connectivity index (χ0n) is 12.1. The van der Waals surface area contributed by atoms with Crippen molar-refractivity contribution in [1.29, 1.82) is 0 Å². The van der Waals surface area contributed by atoms with Crippen molar-refractivity contribution in [3.05, 3.63) is 71.5 Å². The summed E-state index contributed by atoms with van der Waals surface area (Å²) in [6.07, 6.45) is 10.4. The average molecular weight is 299 g/mol. The van der Waals surface area contributed by atoms with Crippen LogP contribution in [0.15, 0.2) is 59.3 Å². The van der Waals surface area contributed by atoms with Gasteiger partial charge in [0.15, 0.2) is 5.90 Å². The van der Waals surface area contributed by atoms with Gasteiger partial charge < -0.3 is 4.74 Å². The Balaban J connectivity index is 1.90. The largest absolute Gasteiger partial charge is 0.477 e. The molecule has 0 radical (unpaired) electrons. The maximum absolute atomic E-state index is 13.7. The van der Waals surface area contributed by atoms with E-state index in [1.54, 1.807) is 6.20 Å². The SMILES string of the molecule is CC1CC23C(=CC=CC2c2cc(F)cc(F)c2)C=CN=C3O1. The fraction of sp³-hybridized carbons (Fsp3) is 0.278. The average Bonchev–Trinajstić information content (AvgIpc) is 2.80. The predicted molar refractivity (Wildman–Crippen MR) is 80.5 cm³/mol. The monoisotopic (exact) mass is 299 g/mol. The summed E-state index contributed by atoms with van der Waals surface area (Å²) in [6, 6.07) is 3.69. The van der Waals surface area contributed by atoms with Crippen molar-refractivity contribution >= 4 is 5.90 Å². The van der Waals surface area contributed by atoms with E-state index in [9.17, 15) is 8.78 Å². The van der Waals surface area contributed by atoms with Gasteiger partial charge in [-0.1, -0.05) is 18.2 Å². The molecule has 0 amide bonds. The molecule has 0 N–H and O–H groups in total. The third-order valence-electron chi connectivity index (χ3n) is 4.62. The van der Waals surface area contributed by atoms with E-state index in [1.165, 1.54) is 12.1 Å². The first-order valence-corrected chi connectivity index (χ1v) is 7.36. The van der Waals surface area contributed by atoms with Gasteiger partial charge in [0.25, 0.3) is 0 Å².